The van der Waals surface area contributed by atoms with Gasteiger partial charge in [0.05, 0.1) is 0 Å². The molecule has 2 rings (SSSR count). The molecule has 0 saturated carbocycles. The molecule has 2 aliphatic rings. The number of hydrogen-bond acceptors (Lipinski definition) is 0. The number of fused-ring (bicyclic) bond motifs is 1. The molecule has 0 N–H and O–H groups in total. The zero-order valence-corrected chi connectivity index (χ0v) is 4.02. The minimum absolute atomic E-state index is 0.764. The Bertz CT molecular complexity index is 178. The first-order chi connectivity index (χ1) is 3.47. The molecule has 0 aromatic heterocycles. The van der Waals surface area contributed by atoms with E-state index in [2.05, 4.69) is 24.0 Å². The Morgan fingerprint density at radius 1 is 1.71 bits per heavy atom. The van der Waals surface area contributed by atoms with Crippen molar-refractivity contribution in [1.29, 1.82) is 0 Å². The van der Waals surface area contributed by atoms with Gasteiger partial charge in [-0.25, -0.2) is 0 Å². The van der Waals surface area contributed by atoms with Crippen molar-refractivity contribution in [3.05, 3.63) is 29.5 Å². The topological polar surface area (TPSA) is 0 Å². The minimum Gasteiger partial charge on any atom is -0.120 e. The van der Waals surface area contributed by atoms with Crippen LogP contribution in [0.15, 0.2) is 29.5 Å². The lowest BCUT2D eigenvalue weighted by atomic mass is 9.95. The molecule has 0 spiro atoms. The van der Waals surface area contributed by atoms with Gasteiger partial charge in [-0.05, 0) is 12.5 Å². The zero-order valence-electron chi connectivity index (χ0n) is 4.02. The fraction of sp³-hybridized carbons (Fsp3) is 0.286. The summed E-state index contributed by atoms with van der Waals surface area (Å²) in [6.45, 7) is 0. The van der Waals surface area contributed by atoms with Gasteiger partial charge in [-0.3, -0.25) is 0 Å². The van der Waals surface area contributed by atoms with Crippen LogP contribution in [-0.4, -0.2) is 0 Å². The highest BCUT2D eigenvalue weighted by Gasteiger charge is 2.16. The van der Waals surface area contributed by atoms with Gasteiger partial charge in [0.2, 0.25) is 0 Å². The minimum atomic E-state index is 0.764. The van der Waals surface area contributed by atoms with Crippen molar-refractivity contribution < 1.29 is 0 Å². The second-order valence-corrected chi connectivity index (χ2v) is 2.01. The van der Waals surface area contributed by atoms with Crippen LogP contribution >= 0.6 is 0 Å². The largest absolute Gasteiger partial charge is 0.120 e. The standard InChI is InChI=1S/C7H6/c1-2-6-4-5-7(6)3-1/h1-2,5,7H,3H2. The van der Waals surface area contributed by atoms with Crippen LogP contribution in [-0.2, 0) is 0 Å². The first kappa shape index (κ1) is 3.29. The summed E-state index contributed by atoms with van der Waals surface area (Å²) in [4.78, 5) is 0. The van der Waals surface area contributed by atoms with Crippen LogP contribution in [0.2, 0.25) is 0 Å². The maximum Gasteiger partial charge on any atom is 0.0202 e. The summed E-state index contributed by atoms with van der Waals surface area (Å²) in [6, 6.07) is 0. The lowest BCUT2D eigenvalue weighted by molar-refractivity contribution is 0.803. The van der Waals surface area contributed by atoms with E-state index in [4.69, 9.17) is 0 Å². The van der Waals surface area contributed by atoms with Crippen molar-refractivity contribution in [2.24, 2.45) is 5.92 Å². The average molecular weight is 90.1 g/mol. The van der Waals surface area contributed by atoms with Gasteiger partial charge in [-0.15, -0.1) is 5.73 Å². The van der Waals surface area contributed by atoms with Gasteiger partial charge >= 0.3 is 0 Å². The summed E-state index contributed by atoms with van der Waals surface area (Å²) in [5.41, 5.74) is 4.52. The van der Waals surface area contributed by atoms with Crippen LogP contribution in [0.1, 0.15) is 6.42 Å². The van der Waals surface area contributed by atoms with Crippen molar-refractivity contribution in [1.82, 2.24) is 0 Å². The van der Waals surface area contributed by atoms with E-state index in [0.717, 1.165) is 5.92 Å². The van der Waals surface area contributed by atoms with Gasteiger partial charge in [0.1, 0.15) is 0 Å². The van der Waals surface area contributed by atoms with E-state index in [0.29, 0.717) is 0 Å². The van der Waals surface area contributed by atoms with Crippen LogP contribution in [0.4, 0.5) is 0 Å². The van der Waals surface area contributed by atoms with Crippen LogP contribution in [0, 0.1) is 5.92 Å². The maximum atomic E-state index is 3.11. The molecule has 34 valence electrons. The third-order valence-corrected chi connectivity index (χ3v) is 1.54. The maximum absolute atomic E-state index is 3.11. The molecule has 0 aromatic rings. The van der Waals surface area contributed by atoms with Crippen LogP contribution in [0.5, 0.6) is 0 Å². The van der Waals surface area contributed by atoms with Crippen molar-refractivity contribution >= 4 is 0 Å². The molecule has 1 unspecified atom stereocenters. The second kappa shape index (κ2) is 0.907. The van der Waals surface area contributed by atoms with E-state index < -0.39 is 0 Å². The van der Waals surface area contributed by atoms with Crippen LogP contribution in [0.25, 0.3) is 0 Å². The zero-order chi connectivity index (χ0) is 4.69. The van der Waals surface area contributed by atoms with Gasteiger partial charge in [-0.1, -0.05) is 12.2 Å². The smallest absolute Gasteiger partial charge is 0.0202 e. The van der Waals surface area contributed by atoms with E-state index in [-0.39, 0.29) is 0 Å². The Kier molecular flexibility index (Phi) is 0.426. The number of rotatable bonds is 0. The van der Waals surface area contributed by atoms with E-state index in [1.165, 1.54) is 12.0 Å². The summed E-state index contributed by atoms with van der Waals surface area (Å²) in [5, 5.41) is 0. The van der Waals surface area contributed by atoms with Crippen LogP contribution in [0.3, 0.4) is 0 Å². The summed E-state index contributed by atoms with van der Waals surface area (Å²) >= 11 is 0. The van der Waals surface area contributed by atoms with E-state index in [1.54, 1.807) is 0 Å². The van der Waals surface area contributed by atoms with Gasteiger partial charge in [0, 0.05) is 11.5 Å². The summed E-state index contributed by atoms with van der Waals surface area (Å²) in [7, 11) is 0. The Balaban J connectivity index is 2.51. The molecule has 0 bridgehead atoms. The Labute approximate surface area is 42.8 Å². The third-order valence-electron chi connectivity index (χ3n) is 1.54. The Hall–Kier alpha value is -0.740. The molecule has 0 heterocycles. The normalized spacial score (nSPS) is 32.0. The quantitative estimate of drug-likeness (QED) is 0.397. The highest BCUT2D eigenvalue weighted by molar-refractivity contribution is 5.37. The van der Waals surface area contributed by atoms with E-state index >= 15 is 0 Å². The van der Waals surface area contributed by atoms with Gasteiger partial charge in [-0.2, -0.15) is 0 Å². The van der Waals surface area contributed by atoms with Crippen LogP contribution < -0.4 is 0 Å². The highest BCUT2D eigenvalue weighted by atomic mass is 14.2. The van der Waals surface area contributed by atoms with Gasteiger partial charge in [0.15, 0.2) is 0 Å². The molecule has 0 heteroatoms. The summed E-state index contributed by atoms with van der Waals surface area (Å²) < 4.78 is 0. The molecule has 0 amide bonds. The fourth-order valence-corrected chi connectivity index (χ4v) is 1.01. The lowest BCUT2D eigenvalue weighted by Gasteiger charge is -2.07. The number of hydrogen-bond donors (Lipinski definition) is 0. The molecule has 2 aliphatic carbocycles. The Morgan fingerprint density at radius 3 is 3.00 bits per heavy atom. The molecule has 0 saturated heterocycles. The lowest BCUT2D eigenvalue weighted by Crippen LogP contribution is -1.96. The van der Waals surface area contributed by atoms with E-state index in [9.17, 15) is 0 Å². The van der Waals surface area contributed by atoms with Crippen molar-refractivity contribution in [2.45, 2.75) is 6.42 Å². The van der Waals surface area contributed by atoms with Gasteiger partial charge < -0.3 is 0 Å². The molecule has 0 aliphatic heterocycles. The van der Waals surface area contributed by atoms with Crippen molar-refractivity contribution in [2.75, 3.05) is 0 Å². The third kappa shape index (κ3) is 0.275. The SMILES string of the molecule is C1=CC2CC=CC=12. The molecular weight excluding hydrogens is 84.1 g/mol. The predicted molar refractivity (Wildman–Crippen MR) is 28.8 cm³/mol. The molecule has 1 atom stereocenters. The Morgan fingerprint density at radius 2 is 2.71 bits per heavy atom. The fourth-order valence-electron chi connectivity index (χ4n) is 1.01. The second-order valence-electron chi connectivity index (χ2n) is 2.01. The average Bonchev–Trinajstić information content (AvgIpc) is 1.85. The molecule has 0 radical (unpaired) electrons. The van der Waals surface area contributed by atoms with E-state index in [1.807, 2.05) is 0 Å². The molecule has 0 fully saturated rings. The molecule has 0 nitrogen and oxygen atoms in total. The molecular formula is C7H6. The van der Waals surface area contributed by atoms with Crippen molar-refractivity contribution in [3.8, 4) is 0 Å². The number of allylic oxidation sites excluding steroid dienone is 3. The monoisotopic (exact) mass is 90.0 g/mol. The summed E-state index contributed by atoms with van der Waals surface area (Å²) in [6.07, 6.45) is 7.72. The van der Waals surface area contributed by atoms with Gasteiger partial charge in [0.25, 0.3) is 0 Å². The first-order valence-corrected chi connectivity index (χ1v) is 2.60. The molecule has 0 aromatic carbocycles. The predicted octanol–water partition coefficient (Wildman–Crippen LogP) is 1.66. The highest BCUT2D eigenvalue weighted by Crippen LogP contribution is 2.29. The first-order valence-electron chi connectivity index (χ1n) is 2.60. The molecule has 7 heavy (non-hydrogen) atoms. The van der Waals surface area contributed by atoms with Crippen molar-refractivity contribution in [3.63, 3.8) is 0 Å². The summed E-state index contributed by atoms with van der Waals surface area (Å²) in [5.74, 6) is 0.764.